The molecule has 0 saturated carbocycles. The van der Waals surface area contributed by atoms with E-state index in [1.54, 1.807) is 0 Å². The molecule has 6 heteroatoms. The molecule has 0 spiro atoms. The third-order valence-electron chi connectivity index (χ3n) is 4.48. The summed E-state index contributed by atoms with van der Waals surface area (Å²) in [6.07, 6.45) is 3.04. The summed E-state index contributed by atoms with van der Waals surface area (Å²) in [5, 5.41) is 3.03. The molecule has 3 aromatic rings. The van der Waals surface area contributed by atoms with Gasteiger partial charge >= 0.3 is 0 Å². The van der Waals surface area contributed by atoms with Crippen molar-refractivity contribution in [2.24, 2.45) is 0 Å². The Kier molecular flexibility index (Phi) is 4.18. The number of ether oxygens (including phenoxy) is 1. The van der Waals surface area contributed by atoms with Crippen LogP contribution in [0.2, 0.25) is 0 Å². The summed E-state index contributed by atoms with van der Waals surface area (Å²) in [5.74, 6) is 0.933. The number of benzene rings is 1. The van der Waals surface area contributed by atoms with Gasteiger partial charge in [0.1, 0.15) is 17.9 Å². The minimum atomic E-state index is 0.166. The Morgan fingerprint density at radius 3 is 2.96 bits per heavy atom. The summed E-state index contributed by atoms with van der Waals surface area (Å²) in [6, 6.07) is 8.20. The molecule has 6 nitrogen and oxygen atoms in total. The highest BCUT2D eigenvalue weighted by atomic mass is 16.7. The molecule has 0 N–H and O–H groups in total. The molecule has 1 fully saturated rings. The Labute approximate surface area is 141 Å². The van der Waals surface area contributed by atoms with Crippen LogP contribution in [-0.4, -0.2) is 45.9 Å². The fraction of sp³-hybridized carbons (Fsp3) is 0.444. The highest BCUT2D eigenvalue weighted by Gasteiger charge is 2.24. The molecular weight excluding hydrogens is 304 g/mol. The molecule has 1 saturated heterocycles. The van der Waals surface area contributed by atoms with Crippen molar-refractivity contribution in [3.63, 3.8) is 0 Å². The van der Waals surface area contributed by atoms with Crippen LogP contribution in [0.25, 0.3) is 21.9 Å². The molecule has 1 aliphatic rings. The molecule has 1 aromatic carbocycles. The largest absolute Gasteiger partial charge is 0.374 e. The zero-order valence-electron chi connectivity index (χ0n) is 14.1. The number of aromatic nitrogens is 3. The first-order valence-corrected chi connectivity index (χ1v) is 8.44. The van der Waals surface area contributed by atoms with Gasteiger partial charge in [0.2, 0.25) is 0 Å². The van der Waals surface area contributed by atoms with Crippen LogP contribution in [0, 0.1) is 0 Å². The third kappa shape index (κ3) is 2.77. The Morgan fingerprint density at radius 1 is 1.29 bits per heavy atom. The van der Waals surface area contributed by atoms with Gasteiger partial charge in [0, 0.05) is 25.6 Å². The van der Waals surface area contributed by atoms with Crippen LogP contribution >= 0.6 is 0 Å². The molecule has 1 aliphatic heterocycles. The zero-order chi connectivity index (χ0) is 16.5. The summed E-state index contributed by atoms with van der Waals surface area (Å²) in [7, 11) is 1.98. The Hall–Kier alpha value is -2.02. The second kappa shape index (κ2) is 6.47. The van der Waals surface area contributed by atoms with E-state index in [1.807, 2.05) is 43.4 Å². The van der Waals surface area contributed by atoms with Crippen LogP contribution in [0.5, 0.6) is 0 Å². The van der Waals surface area contributed by atoms with E-state index in [2.05, 4.69) is 15.6 Å². The maximum atomic E-state index is 5.88. The molecule has 0 bridgehead atoms. The maximum Gasteiger partial charge on any atom is 0.136 e. The molecule has 0 aliphatic carbocycles. The maximum absolute atomic E-state index is 5.88. The molecule has 0 radical (unpaired) electrons. The van der Waals surface area contributed by atoms with E-state index >= 15 is 0 Å². The fourth-order valence-electron chi connectivity index (χ4n) is 3.32. The lowest BCUT2D eigenvalue weighted by Crippen LogP contribution is -2.20. The highest BCUT2D eigenvalue weighted by molar-refractivity contribution is 6.02. The van der Waals surface area contributed by atoms with Crippen LogP contribution in [0.15, 0.2) is 30.5 Å². The number of nitrogens with zero attached hydrogens (tertiary/aromatic N) is 4. The Morgan fingerprint density at radius 2 is 2.17 bits per heavy atom. The van der Waals surface area contributed by atoms with Gasteiger partial charge in [-0.05, 0) is 19.4 Å². The minimum Gasteiger partial charge on any atom is -0.374 e. The van der Waals surface area contributed by atoms with Crippen LogP contribution in [0.3, 0.4) is 0 Å². The van der Waals surface area contributed by atoms with E-state index in [0.717, 1.165) is 47.3 Å². The van der Waals surface area contributed by atoms with Crippen LogP contribution < -0.4 is 0 Å². The summed E-state index contributed by atoms with van der Waals surface area (Å²) in [6.45, 7) is 4.91. The van der Waals surface area contributed by atoms with Crippen molar-refractivity contribution in [3.8, 4) is 0 Å². The number of fused-ring (bicyclic) bond motifs is 3. The van der Waals surface area contributed by atoms with Gasteiger partial charge in [-0.3, -0.25) is 9.82 Å². The second-order valence-corrected chi connectivity index (χ2v) is 6.15. The number of hydrogen-bond acceptors (Lipinski definition) is 5. The lowest BCUT2D eigenvalue weighted by atomic mass is 10.2. The van der Waals surface area contributed by atoms with Crippen LogP contribution in [0.1, 0.15) is 19.2 Å². The third-order valence-corrected chi connectivity index (χ3v) is 4.48. The Bertz CT molecular complexity index is 861. The number of para-hydroxylation sites is 1. The van der Waals surface area contributed by atoms with Crippen molar-refractivity contribution < 1.29 is 9.57 Å². The predicted octanol–water partition coefficient (Wildman–Crippen LogP) is 2.76. The van der Waals surface area contributed by atoms with Crippen LogP contribution in [-0.2, 0) is 22.7 Å². The lowest BCUT2D eigenvalue weighted by Gasteiger charge is -2.15. The van der Waals surface area contributed by atoms with Gasteiger partial charge in [-0.2, -0.15) is 5.06 Å². The second-order valence-electron chi connectivity index (χ2n) is 6.15. The fourth-order valence-corrected chi connectivity index (χ4v) is 3.32. The van der Waals surface area contributed by atoms with E-state index in [4.69, 9.17) is 14.6 Å². The molecular formula is C18H22N4O2. The molecule has 2 aromatic heterocycles. The molecule has 3 heterocycles. The monoisotopic (exact) mass is 326 g/mol. The van der Waals surface area contributed by atoms with Gasteiger partial charge < -0.3 is 9.30 Å². The molecule has 0 amide bonds. The Balaban J connectivity index is 1.83. The summed E-state index contributed by atoms with van der Waals surface area (Å²) < 4.78 is 7.88. The topological polar surface area (TPSA) is 52.4 Å². The quantitative estimate of drug-likeness (QED) is 0.721. The predicted molar refractivity (Wildman–Crippen MR) is 92.5 cm³/mol. The molecule has 1 unspecified atom stereocenters. The molecule has 1 atom stereocenters. The average molecular weight is 326 g/mol. The first-order chi connectivity index (χ1) is 11.8. The van der Waals surface area contributed by atoms with Crippen molar-refractivity contribution >= 4 is 21.9 Å². The first kappa shape index (κ1) is 15.5. The van der Waals surface area contributed by atoms with E-state index in [1.165, 1.54) is 0 Å². The molecule has 24 heavy (non-hydrogen) atoms. The van der Waals surface area contributed by atoms with Crippen molar-refractivity contribution in [2.75, 3.05) is 20.2 Å². The first-order valence-electron chi connectivity index (χ1n) is 8.44. The number of rotatable bonds is 5. The lowest BCUT2D eigenvalue weighted by molar-refractivity contribution is -0.130. The van der Waals surface area contributed by atoms with Gasteiger partial charge in [0.15, 0.2) is 0 Å². The smallest absolute Gasteiger partial charge is 0.136 e. The molecule has 4 rings (SSSR count). The minimum absolute atomic E-state index is 0.166. The van der Waals surface area contributed by atoms with E-state index in [0.29, 0.717) is 13.2 Å². The summed E-state index contributed by atoms with van der Waals surface area (Å²) in [5.41, 5.74) is 3.02. The van der Waals surface area contributed by atoms with E-state index < -0.39 is 0 Å². The van der Waals surface area contributed by atoms with Crippen molar-refractivity contribution in [1.29, 1.82) is 0 Å². The van der Waals surface area contributed by atoms with E-state index in [9.17, 15) is 0 Å². The number of imidazole rings is 1. The standard InChI is InChI=1S/C18H22N4O2/c1-3-23-12-17-20-16-10-19-15-7-5-4-6-14(15)18(16)22(17)11-13-8-9-21(2)24-13/h4-7,10,13H,3,8-9,11-12H2,1-2H3. The van der Waals surface area contributed by atoms with Gasteiger partial charge in [0.25, 0.3) is 0 Å². The average Bonchev–Trinajstić information content (AvgIpc) is 3.17. The zero-order valence-corrected chi connectivity index (χ0v) is 14.1. The summed E-state index contributed by atoms with van der Waals surface area (Å²) >= 11 is 0. The SMILES string of the molecule is CCOCc1nc2cnc3ccccc3c2n1CC1CCN(C)O1. The van der Waals surface area contributed by atoms with Gasteiger partial charge in [-0.1, -0.05) is 18.2 Å². The van der Waals surface area contributed by atoms with Gasteiger partial charge in [-0.15, -0.1) is 0 Å². The van der Waals surface area contributed by atoms with Gasteiger partial charge in [-0.25, -0.2) is 4.98 Å². The van der Waals surface area contributed by atoms with Crippen molar-refractivity contribution in [3.05, 3.63) is 36.3 Å². The normalized spacial score (nSPS) is 18.8. The van der Waals surface area contributed by atoms with Gasteiger partial charge in [0.05, 0.1) is 29.9 Å². The number of pyridine rings is 1. The molecule has 126 valence electrons. The van der Waals surface area contributed by atoms with Crippen LogP contribution in [0.4, 0.5) is 0 Å². The van der Waals surface area contributed by atoms with Crippen molar-refractivity contribution in [1.82, 2.24) is 19.6 Å². The summed E-state index contributed by atoms with van der Waals surface area (Å²) in [4.78, 5) is 15.2. The number of hydroxylamine groups is 2. The van der Waals surface area contributed by atoms with E-state index in [-0.39, 0.29) is 6.10 Å². The highest BCUT2D eigenvalue weighted by Crippen LogP contribution is 2.26. The number of hydrogen-bond donors (Lipinski definition) is 0. The van der Waals surface area contributed by atoms with Crippen molar-refractivity contribution in [2.45, 2.75) is 32.6 Å².